The molecule has 112 valence electrons. The Balaban J connectivity index is 1.69. The van der Waals surface area contributed by atoms with Gasteiger partial charge in [-0.05, 0) is 48.9 Å². The number of nitrogens with one attached hydrogen (secondary N) is 3. The molecule has 0 aliphatic carbocycles. The smallest absolute Gasteiger partial charge is 0.251 e. The van der Waals surface area contributed by atoms with Crippen LogP contribution in [0.4, 0.5) is 5.69 Å². The van der Waals surface area contributed by atoms with Crippen molar-refractivity contribution in [2.24, 2.45) is 0 Å². The minimum absolute atomic E-state index is 0.0442. The van der Waals surface area contributed by atoms with Crippen molar-refractivity contribution in [3.63, 3.8) is 0 Å². The van der Waals surface area contributed by atoms with E-state index in [1.807, 2.05) is 49.5 Å². The fourth-order valence-corrected chi connectivity index (χ4v) is 2.37. The Morgan fingerprint density at radius 2 is 2.00 bits per heavy atom. The number of benzene rings is 1. The number of aromatic nitrogens is 2. The van der Waals surface area contributed by atoms with Gasteiger partial charge in [0.25, 0.3) is 5.91 Å². The molecule has 2 aromatic heterocycles. The maximum atomic E-state index is 11.7. The van der Waals surface area contributed by atoms with Crippen LogP contribution in [0.2, 0.25) is 0 Å². The highest BCUT2D eigenvalue weighted by atomic mass is 16.1. The normalized spacial score (nSPS) is 10.6. The SMILES string of the molecule is CCNC(=O)c1ccc(NCc2ccnc3[nH]ccc23)cc1. The van der Waals surface area contributed by atoms with Crippen molar-refractivity contribution in [3.05, 3.63) is 59.9 Å². The summed E-state index contributed by atoms with van der Waals surface area (Å²) in [6, 6.07) is 11.5. The number of anilines is 1. The number of rotatable bonds is 5. The highest BCUT2D eigenvalue weighted by molar-refractivity contribution is 5.94. The molecule has 3 aromatic rings. The molecule has 0 unspecified atom stereocenters. The average molecular weight is 294 g/mol. The van der Waals surface area contributed by atoms with Gasteiger partial charge in [-0.1, -0.05) is 0 Å². The van der Waals surface area contributed by atoms with E-state index in [0.717, 1.165) is 16.7 Å². The van der Waals surface area contributed by atoms with E-state index in [1.54, 1.807) is 6.20 Å². The predicted molar refractivity (Wildman–Crippen MR) is 87.9 cm³/mol. The van der Waals surface area contributed by atoms with Gasteiger partial charge in [-0.25, -0.2) is 4.98 Å². The lowest BCUT2D eigenvalue weighted by Crippen LogP contribution is -2.22. The van der Waals surface area contributed by atoms with Crippen molar-refractivity contribution < 1.29 is 4.79 Å². The van der Waals surface area contributed by atoms with Gasteiger partial charge in [-0.15, -0.1) is 0 Å². The van der Waals surface area contributed by atoms with Crippen molar-refractivity contribution in [1.82, 2.24) is 15.3 Å². The maximum absolute atomic E-state index is 11.7. The molecule has 3 rings (SSSR count). The molecule has 22 heavy (non-hydrogen) atoms. The van der Waals surface area contributed by atoms with Crippen LogP contribution in [0.15, 0.2) is 48.8 Å². The molecule has 0 saturated carbocycles. The number of aromatic amines is 1. The van der Waals surface area contributed by atoms with Crippen molar-refractivity contribution in [2.45, 2.75) is 13.5 Å². The van der Waals surface area contributed by atoms with E-state index in [0.29, 0.717) is 18.7 Å². The molecule has 0 atom stereocenters. The minimum Gasteiger partial charge on any atom is -0.381 e. The highest BCUT2D eigenvalue weighted by Crippen LogP contribution is 2.17. The van der Waals surface area contributed by atoms with Gasteiger partial charge in [0.15, 0.2) is 0 Å². The van der Waals surface area contributed by atoms with E-state index >= 15 is 0 Å². The lowest BCUT2D eigenvalue weighted by molar-refractivity contribution is 0.0956. The first kappa shape index (κ1) is 14.1. The van der Waals surface area contributed by atoms with Crippen LogP contribution >= 0.6 is 0 Å². The molecule has 1 amide bonds. The van der Waals surface area contributed by atoms with Crippen LogP contribution in [-0.2, 0) is 6.54 Å². The Morgan fingerprint density at radius 3 is 2.77 bits per heavy atom. The summed E-state index contributed by atoms with van der Waals surface area (Å²) in [6.45, 7) is 3.25. The minimum atomic E-state index is -0.0442. The number of carbonyl (C=O) groups is 1. The predicted octanol–water partition coefficient (Wildman–Crippen LogP) is 2.92. The summed E-state index contributed by atoms with van der Waals surface area (Å²) in [5.74, 6) is -0.0442. The van der Waals surface area contributed by atoms with Gasteiger partial charge >= 0.3 is 0 Å². The molecule has 0 bridgehead atoms. The molecule has 0 aliphatic rings. The summed E-state index contributed by atoms with van der Waals surface area (Å²) in [6.07, 6.45) is 3.69. The molecule has 0 radical (unpaired) electrons. The Kier molecular flexibility index (Phi) is 4.05. The zero-order valence-corrected chi connectivity index (χ0v) is 12.4. The van der Waals surface area contributed by atoms with Crippen molar-refractivity contribution in [3.8, 4) is 0 Å². The number of carbonyl (C=O) groups excluding carboxylic acids is 1. The Bertz CT molecular complexity index is 777. The molecule has 5 nitrogen and oxygen atoms in total. The molecular formula is C17H18N4O. The first-order chi connectivity index (χ1) is 10.8. The quantitative estimate of drug-likeness (QED) is 0.677. The Hall–Kier alpha value is -2.82. The van der Waals surface area contributed by atoms with Gasteiger partial charge < -0.3 is 15.6 Å². The summed E-state index contributed by atoms with van der Waals surface area (Å²) in [5.41, 5.74) is 3.72. The van der Waals surface area contributed by atoms with Gasteiger partial charge in [0.05, 0.1) is 0 Å². The number of amides is 1. The Labute approximate surface area is 128 Å². The molecule has 3 N–H and O–H groups in total. The zero-order valence-electron chi connectivity index (χ0n) is 12.4. The first-order valence-electron chi connectivity index (χ1n) is 7.31. The van der Waals surface area contributed by atoms with Gasteiger partial charge in [-0.3, -0.25) is 4.79 Å². The van der Waals surface area contributed by atoms with Crippen LogP contribution in [0.25, 0.3) is 11.0 Å². The lowest BCUT2D eigenvalue weighted by Gasteiger charge is -2.08. The Morgan fingerprint density at radius 1 is 1.18 bits per heavy atom. The third kappa shape index (κ3) is 2.93. The van der Waals surface area contributed by atoms with Crippen molar-refractivity contribution in [2.75, 3.05) is 11.9 Å². The molecule has 0 saturated heterocycles. The van der Waals surface area contributed by atoms with Crippen LogP contribution in [0.5, 0.6) is 0 Å². The second-order valence-corrected chi connectivity index (χ2v) is 5.00. The number of hydrogen-bond donors (Lipinski definition) is 3. The standard InChI is InChI=1S/C17H18N4O/c1-2-18-17(22)12-3-5-14(6-4-12)21-11-13-7-9-19-16-15(13)8-10-20-16/h3-10,21H,2,11H2,1H3,(H,18,22)(H,19,20). The summed E-state index contributed by atoms with van der Waals surface area (Å²) in [5, 5.41) is 7.27. The molecule has 5 heteroatoms. The van der Waals surface area contributed by atoms with Crippen LogP contribution in [0.3, 0.4) is 0 Å². The fourth-order valence-electron chi connectivity index (χ4n) is 2.37. The van der Waals surface area contributed by atoms with Crippen molar-refractivity contribution in [1.29, 1.82) is 0 Å². The zero-order chi connectivity index (χ0) is 15.4. The molecule has 2 heterocycles. The number of H-pyrrole nitrogens is 1. The molecule has 0 spiro atoms. The number of hydrogen-bond acceptors (Lipinski definition) is 3. The van der Waals surface area contributed by atoms with Crippen LogP contribution in [-0.4, -0.2) is 22.4 Å². The summed E-state index contributed by atoms with van der Waals surface area (Å²) in [4.78, 5) is 19.1. The van der Waals surface area contributed by atoms with E-state index in [2.05, 4.69) is 20.6 Å². The van der Waals surface area contributed by atoms with Crippen LogP contribution in [0, 0.1) is 0 Å². The number of pyridine rings is 1. The van der Waals surface area contributed by atoms with E-state index in [-0.39, 0.29) is 5.91 Å². The third-order valence-corrected chi connectivity index (χ3v) is 3.52. The molecule has 0 aliphatic heterocycles. The summed E-state index contributed by atoms with van der Waals surface area (Å²) < 4.78 is 0. The maximum Gasteiger partial charge on any atom is 0.251 e. The summed E-state index contributed by atoms with van der Waals surface area (Å²) >= 11 is 0. The van der Waals surface area contributed by atoms with Gasteiger partial charge in [0.2, 0.25) is 0 Å². The average Bonchev–Trinajstić information content (AvgIpc) is 3.03. The lowest BCUT2D eigenvalue weighted by atomic mass is 10.1. The van der Waals surface area contributed by atoms with E-state index < -0.39 is 0 Å². The number of nitrogens with zero attached hydrogens (tertiary/aromatic N) is 1. The highest BCUT2D eigenvalue weighted by Gasteiger charge is 2.05. The first-order valence-corrected chi connectivity index (χ1v) is 7.31. The second kappa shape index (κ2) is 6.30. The number of fused-ring (bicyclic) bond motifs is 1. The second-order valence-electron chi connectivity index (χ2n) is 5.00. The van der Waals surface area contributed by atoms with Crippen LogP contribution < -0.4 is 10.6 Å². The van der Waals surface area contributed by atoms with E-state index in [9.17, 15) is 4.79 Å². The topological polar surface area (TPSA) is 69.8 Å². The third-order valence-electron chi connectivity index (χ3n) is 3.52. The summed E-state index contributed by atoms with van der Waals surface area (Å²) in [7, 11) is 0. The van der Waals surface area contributed by atoms with Gasteiger partial charge in [0.1, 0.15) is 5.65 Å². The van der Waals surface area contributed by atoms with Gasteiger partial charge in [-0.2, -0.15) is 0 Å². The molecule has 0 fully saturated rings. The van der Waals surface area contributed by atoms with Crippen molar-refractivity contribution >= 4 is 22.6 Å². The molecular weight excluding hydrogens is 276 g/mol. The fraction of sp³-hybridized carbons (Fsp3) is 0.176. The monoisotopic (exact) mass is 294 g/mol. The van der Waals surface area contributed by atoms with E-state index in [4.69, 9.17) is 0 Å². The van der Waals surface area contributed by atoms with E-state index in [1.165, 1.54) is 5.56 Å². The molecule has 1 aromatic carbocycles. The largest absolute Gasteiger partial charge is 0.381 e. The van der Waals surface area contributed by atoms with Crippen LogP contribution in [0.1, 0.15) is 22.8 Å². The van der Waals surface area contributed by atoms with Gasteiger partial charge in [0, 0.05) is 42.1 Å².